The molecule has 1 heterocycles. The molecule has 5 heteroatoms. The van der Waals surface area contributed by atoms with Crippen LogP contribution in [0.2, 0.25) is 0 Å². The molecule has 1 atom stereocenters. The number of anilines is 1. The second-order valence-electron chi connectivity index (χ2n) is 3.85. The third kappa shape index (κ3) is 2.50. The first-order chi connectivity index (χ1) is 8.06. The van der Waals surface area contributed by atoms with Crippen LogP contribution in [-0.2, 0) is 19.1 Å². The van der Waals surface area contributed by atoms with Gasteiger partial charge in [0.15, 0.2) is 0 Å². The van der Waals surface area contributed by atoms with E-state index < -0.39 is 17.9 Å². The highest BCUT2D eigenvalue weighted by Crippen LogP contribution is 2.28. The number of nitrogens with one attached hydrogen (secondary N) is 1. The molecule has 1 fully saturated rings. The number of hydrogen-bond donors (Lipinski definition) is 1. The molecule has 1 aromatic rings. The summed E-state index contributed by atoms with van der Waals surface area (Å²) in [5.74, 6) is -1.68. The highest BCUT2D eigenvalue weighted by molar-refractivity contribution is 5.98. The SMILES string of the molecule is CC(=O)Nc1ccc(C2CC(=O)OC2=O)cc1. The van der Waals surface area contributed by atoms with Gasteiger partial charge in [-0.3, -0.25) is 14.4 Å². The molecule has 17 heavy (non-hydrogen) atoms. The van der Waals surface area contributed by atoms with Crippen LogP contribution in [0.25, 0.3) is 0 Å². The standard InChI is InChI=1S/C12H11NO4/c1-7(14)13-9-4-2-8(3-5-9)10-6-11(15)17-12(10)16/h2-5,10H,6H2,1H3,(H,13,14). The first-order valence-corrected chi connectivity index (χ1v) is 5.18. The van der Waals surface area contributed by atoms with Gasteiger partial charge in [0.1, 0.15) is 0 Å². The van der Waals surface area contributed by atoms with Crippen LogP contribution >= 0.6 is 0 Å². The zero-order chi connectivity index (χ0) is 12.4. The first kappa shape index (κ1) is 11.3. The molecule has 0 aromatic heterocycles. The van der Waals surface area contributed by atoms with Crippen molar-refractivity contribution in [2.24, 2.45) is 0 Å². The summed E-state index contributed by atoms with van der Waals surface area (Å²) >= 11 is 0. The Bertz CT molecular complexity index is 478. The van der Waals surface area contributed by atoms with Crippen molar-refractivity contribution in [3.8, 4) is 0 Å². The number of rotatable bonds is 2. The van der Waals surface area contributed by atoms with Crippen LogP contribution in [0.15, 0.2) is 24.3 Å². The average Bonchev–Trinajstić information content (AvgIpc) is 2.58. The summed E-state index contributed by atoms with van der Waals surface area (Å²) in [6, 6.07) is 6.78. The fourth-order valence-electron chi connectivity index (χ4n) is 1.73. The van der Waals surface area contributed by atoms with Crippen molar-refractivity contribution in [3.05, 3.63) is 29.8 Å². The van der Waals surface area contributed by atoms with E-state index in [4.69, 9.17) is 0 Å². The van der Waals surface area contributed by atoms with Gasteiger partial charge >= 0.3 is 11.9 Å². The summed E-state index contributed by atoms with van der Waals surface area (Å²) in [6.07, 6.45) is 0.0817. The molecular weight excluding hydrogens is 222 g/mol. The smallest absolute Gasteiger partial charge is 0.321 e. The lowest BCUT2D eigenvalue weighted by Crippen LogP contribution is -2.07. The van der Waals surface area contributed by atoms with Gasteiger partial charge in [0, 0.05) is 12.6 Å². The molecule has 0 bridgehead atoms. The van der Waals surface area contributed by atoms with E-state index in [2.05, 4.69) is 10.1 Å². The summed E-state index contributed by atoms with van der Waals surface area (Å²) in [7, 11) is 0. The topological polar surface area (TPSA) is 72.5 Å². The van der Waals surface area contributed by atoms with Crippen LogP contribution in [0.3, 0.4) is 0 Å². The number of carbonyl (C=O) groups excluding carboxylic acids is 3. The van der Waals surface area contributed by atoms with Gasteiger partial charge in [-0.25, -0.2) is 0 Å². The van der Waals surface area contributed by atoms with Gasteiger partial charge in [0.2, 0.25) is 5.91 Å². The number of cyclic esters (lactones) is 2. The molecule has 1 aromatic carbocycles. The van der Waals surface area contributed by atoms with Gasteiger partial charge in [-0.05, 0) is 17.7 Å². The molecule has 0 saturated carbocycles. The van der Waals surface area contributed by atoms with Crippen LogP contribution in [0, 0.1) is 0 Å². The molecule has 1 aliphatic heterocycles. The number of carbonyl (C=O) groups is 3. The number of esters is 2. The van der Waals surface area contributed by atoms with Gasteiger partial charge in [-0.2, -0.15) is 0 Å². The van der Waals surface area contributed by atoms with Crippen molar-refractivity contribution in [3.63, 3.8) is 0 Å². The molecule has 1 aliphatic rings. The molecule has 1 unspecified atom stereocenters. The lowest BCUT2D eigenvalue weighted by Gasteiger charge is -2.06. The van der Waals surface area contributed by atoms with E-state index in [1.807, 2.05) is 0 Å². The molecule has 1 saturated heterocycles. The van der Waals surface area contributed by atoms with E-state index in [0.717, 1.165) is 5.56 Å². The second kappa shape index (κ2) is 4.37. The molecule has 0 spiro atoms. The van der Waals surface area contributed by atoms with Gasteiger partial charge in [-0.1, -0.05) is 12.1 Å². The summed E-state index contributed by atoms with van der Waals surface area (Å²) in [5.41, 5.74) is 1.37. The summed E-state index contributed by atoms with van der Waals surface area (Å²) in [6.45, 7) is 1.42. The minimum absolute atomic E-state index is 0.0817. The molecule has 1 amide bonds. The Morgan fingerprint density at radius 2 is 1.94 bits per heavy atom. The predicted molar refractivity (Wildman–Crippen MR) is 59.2 cm³/mol. The first-order valence-electron chi connectivity index (χ1n) is 5.18. The molecule has 2 rings (SSSR count). The Morgan fingerprint density at radius 1 is 1.29 bits per heavy atom. The second-order valence-corrected chi connectivity index (χ2v) is 3.85. The summed E-state index contributed by atoms with van der Waals surface area (Å²) in [4.78, 5) is 33.1. The van der Waals surface area contributed by atoms with Gasteiger partial charge in [0.25, 0.3) is 0 Å². The number of ether oxygens (including phenoxy) is 1. The number of hydrogen-bond acceptors (Lipinski definition) is 4. The summed E-state index contributed by atoms with van der Waals surface area (Å²) < 4.78 is 4.48. The molecule has 1 N–H and O–H groups in total. The average molecular weight is 233 g/mol. The van der Waals surface area contributed by atoms with Crippen LogP contribution in [0.5, 0.6) is 0 Å². The maximum atomic E-state index is 11.3. The van der Waals surface area contributed by atoms with E-state index in [-0.39, 0.29) is 12.3 Å². The molecular formula is C12H11NO4. The van der Waals surface area contributed by atoms with E-state index in [0.29, 0.717) is 5.69 Å². The van der Waals surface area contributed by atoms with Gasteiger partial charge < -0.3 is 10.1 Å². The van der Waals surface area contributed by atoms with Crippen molar-refractivity contribution in [1.29, 1.82) is 0 Å². The van der Waals surface area contributed by atoms with E-state index in [1.54, 1.807) is 24.3 Å². The third-order valence-electron chi connectivity index (χ3n) is 2.50. The van der Waals surface area contributed by atoms with E-state index in [1.165, 1.54) is 6.92 Å². The third-order valence-corrected chi connectivity index (χ3v) is 2.50. The molecule has 0 aliphatic carbocycles. The lowest BCUT2D eigenvalue weighted by molar-refractivity contribution is -0.152. The highest BCUT2D eigenvalue weighted by atomic mass is 16.6. The predicted octanol–water partition coefficient (Wildman–Crippen LogP) is 1.20. The van der Waals surface area contributed by atoms with Crippen LogP contribution in [0.4, 0.5) is 5.69 Å². The molecule has 5 nitrogen and oxygen atoms in total. The minimum atomic E-state index is -0.520. The Morgan fingerprint density at radius 3 is 2.41 bits per heavy atom. The van der Waals surface area contributed by atoms with Crippen LogP contribution in [-0.4, -0.2) is 17.8 Å². The lowest BCUT2D eigenvalue weighted by atomic mass is 9.97. The van der Waals surface area contributed by atoms with Gasteiger partial charge in [0.05, 0.1) is 12.3 Å². The van der Waals surface area contributed by atoms with Crippen LogP contribution < -0.4 is 5.32 Å². The number of amides is 1. The Hall–Kier alpha value is -2.17. The highest BCUT2D eigenvalue weighted by Gasteiger charge is 2.34. The quantitative estimate of drug-likeness (QED) is 0.615. The van der Waals surface area contributed by atoms with Crippen molar-refractivity contribution < 1.29 is 19.1 Å². The van der Waals surface area contributed by atoms with E-state index in [9.17, 15) is 14.4 Å². The van der Waals surface area contributed by atoms with Crippen molar-refractivity contribution in [1.82, 2.24) is 0 Å². The minimum Gasteiger partial charge on any atom is -0.393 e. The Balaban J connectivity index is 2.15. The number of benzene rings is 1. The van der Waals surface area contributed by atoms with Crippen molar-refractivity contribution in [2.45, 2.75) is 19.3 Å². The maximum Gasteiger partial charge on any atom is 0.321 e. The zero-order valence-electron chi connectivity index (χ0n) is 9.23. The van der Waals surface area contributed by atoms with Gasteiger partial charge in [-0.15, -0.1) is 0 Å². The summed E-state index contributed by atoms with van der Waals surface area (Å²) in [5, 5.41) is 2.62. The molecule has 88 valence electrons. The molecule has 0 radical (unpaired) electrons. The Labute approximate surface area is 97.8 Å². The normalized spacial score (nSPS) is 19.0. The van der Waals surface area contributed by atoms with E-state index >= 15 is 0 Å². The van der Waals surface area contributed by atoms with Crippen LogP contribution in [0.1, 0.15) is 24.8 Å². The van der Waals surface area contributed by atoms with Crippen molar-refractivity contribution in [2.75, 3.05) is 5.32 Å². The monoisotopic (exact) mass is 233 g/mol. The fraction of sp³-hybridized carbons (Fsp3) is 0.250. The Kier molecular flexibility index (Phi) is 2.91. The fourth-order valence-corrected chi connectivity index (χ4v) is 1.73. The largest absolute Gasteiger partial charge is 0.393 e. The zero-order valence-corrected chi connectivity index (χ0v) is 9.23. The maximum absolute atomic E-state index is 11.3. The van der Waals surface area contributed by atoms with Crippen molar-refractivity contribution >= 4 is 23.5 Å².